The Morgan fingerprint density at radius 3 is 2.48 bits per heavy atom. The number of nitrogens with zero attached hydrogens (tertiary/aromatic N) is 2. The third-order valence-electron chi connectivity index (χ3n) is 14.0. The average molecular weight is 978 g/mol. The zero-order valence-corrected chi connectivity index (χ0v) is 41.8. The maximum Gasteiger partial charge on any atom is 0.409 e. The first kappa shape index (κ1) is 51.9. The molecule has 6 rings (SSSR count). The lowest BCUT2D eigenvalue weighted by atomic mass is 9.88. The van der Waals surface area contributed by atoms with E-state index in [4.69, 9.17) is 35.3 Å². The molecule has 5 aliphatic rings. The minimum absolute atomic E-state index is 0.0463. The molecule has 3 heterocycles. The fraction of sp³-hybridized carbons (Fsp3) is 0.688. The van der Waals surface area contributed by atoms with Crippen LogP contribution in [-0.2, 0) is 44.5 Å². The van der Waals surface area contributed by atoms with Crippen LogP contribution in [0.4, 0.5) is 10.5 Å². The van der Waals surface area contributed by atoms with Gasteiger partial charge in [-0.2, -0.15) is 0 Å². The number of likely N-dealkylation sites (N-methyl/N-ethyl adjacent to an activating group) is 1. The second kappa shape index (κ2) is 23.2. The number of benzene rings is 1. The highest BCUT2D eigenvalue weighted by atomic mass is 35.5. The van der Waals surface area contributed by atoms with Gasteiger partial charge in [0, 0.05) is 64.4 Å². The molecule has 2 aliphatic carbocycles. The summed E-state index contributed by atoms with van der Waals surface area (Å²) in [4.78, 5) is 69.8. The molecule has 0 radical (unpaired) electrons. The Kier molecular flexibility index (Phi) is 18.3. The summed E-state index contributed by atoms with van der Waals surface area (Å²) in [6.45, 7) is 5.22. The summed E-state index contributed by atoms with van der Waals surface area (Å²) in [6, 6.07) is 2.89. The highest BCUT2D eigenvalue weighted by Crippen LogP contribution is 2.47. The number of nitrogens with one attached hydrogen (secondary N) is 2. The van der Waals surface area contributed by atoms with Crippen molar-refractivity contribution >= 4 is 68.7 Å². The van der Waals surface area contributed by atoms with E-state index in [0.717, 1.165) is 48.0 Å². The summed E-state index contributed by atoms with van der Waals surface area (Å²) in [5.41, 5.74) is -0.909. The third-order valence-corrected chi connectivity index (χ3v) is 16.9. The van der Waals surface area contributed by atoms with E-state index in [-0.39, 0.29) is 42.5 Å². The van der Waals surface area contributed by atoms with E-state index in [1.54, 1.807) is 73.8 Å². The molecule has 15 nitrogen and oxygen atoms in total. The number of carbonyl (C=O) groups is 5. The van der Waals surface area contributed by atoms with Gasteiger partial charge in [0.1, 0.15) is 40.7 Å². The van der Waals surface area contributed by atoms with Crippen molar-refractivity contribution in [3.8, 4) is 5.75 Å². The normalized spacial score (nSPS) is 31.9. The SMILES string of the molecule is COc1cc2cc(c1Cl)N(C)C(=O)C[C@@H](OC(=O)[C@@H](C)N(C)C(=O)CCSSCCCC(=O)NC1CC3CCCC(CC3)C1)[C@@]1(C)O[C@@H]1C[C@H]1C[C@](O)(NC(=O)O1)[C@@H](OC)/C=C/C=C(\C)C2. The van der Waals surface area contributed by atoms with Crippen molar-refractivity contribution in [3.63, 3.8) is 0 Å². The van der Waals surface area contributed by atoms with E-state index < -0.39 is 59.8 Å². The lowest BCUT2D eigenvalue weighted by Gasteiger charge is -2.40. The van der Waals surface area contributed by atoms with Crippen LogP contribution >= 0.6 is 33.2 Å². The maximum atomic E-state index is 14.2. The van der Waals surface area contributed by atoms with Crippen LogP contribution in [0.15, 0.2) is 35.9 Å². The van der Waals surface area contributed by atoms with Crippen LogP contribution in [0.25, 0.3) is 0 Å². The monoisotopic (exact) mass is 976 g/mol. The number of hydrogen-bond donors (Lipinski definition) is 3. The van der Waals surface area contributed by atoms with Crippen molar-refractivity contribution in [2.75, 3.05) is 44.7 Å². The van der Waals surface area contributed by atoms with Crippen molar-refractivity contribution in [2.45, 2.75) is 158 Å². The molecule has 4 amide bonds. The fourth-order valence-corrected chi connectivity index (χ4v) is 12.2. The summed E-state index contributed by atoms with van der Waals surface area (Å²) >= 11 is 6.80. The number of halogens is 1. The number of carbonyl (C=O) groups excluding carboxylic acids is 5. The zero-order valence-electron chi connectivity index (χ0n) is 39.4. The molecule has 3 N–H and O–H groups in total. The van der Waals surface area contributed by atoms with Gasteiger partial charge < -0.3 is 43.9 Å². The molecule has 4 fully saturated rings. The van der Waals surface area contributed by atoms with Gasteiger partial charge in [-0.1, -0.05) is 89.1 Å². The number of hydrogen-bond acceptors (Lipinski definition) is 13. The molecule has 66 heavy (non-hydrogen) atoms. The number of rotatable bonds is 14. The Bertz CT molecular complexity index is 1980. The lowest BCUT2D eigenvalue weighted by molar-refractivity contribution is -0.161. The van der Waals surface area contributed by atoms with Crippen molar-refractivity contribution < 1.29 is 52.8 Å². The topological polar surface area (TPSA) is 186 Å². The Hall–Kier alpha value is -3.48. The molecule has 6 bridgehead atoms. The van der Waals surface area contributed by atoms with E-state index >= 15 is 0 Å². The summed E-state index contributed by atoms with van der Waals surface area (Å²) in [5.74, 6) is 1.88. The van der Waals surface area contributed by atoms with Crippen LogP contribution < -0.4 is 20.3 Å². The van der Waals surface area contributed by atoms with Gasteiger partial charge >= 0.3 is 12.1 Å². The Balaban J connectivity index is 1.07. The number of amides is 4. The molecule has 2 unspecified atom stereocenters. The predicted molar refractivity (Wildman–Crippen MR) is 256 cm³/mol. The number of fused-ring (bicyclic) bond motifs is 8. The molecular weight excluding hydrogens is 908 g/mol. The van der Waals surface area contributed by atoms with Gasteiger partial charge in [0.15, 0.2) is 5.72 Å². The van der Waals surface area contributed by atoms with E-state index in [9.17, 15) is 29.1 Å². The van der Waals surface area contributed by atoms with Crippen LogP contribution in [0.3, 0.4) is 0 Å². The number of anilines is 1. The van der Waals surface area contributed by atoms with Crippen molar-refractivity contribution in [2.24, 2.45) is 11.8 Å². The smallest absolute Gasteiger partial charge is 0.409 e. The van der Waals surface area contributed by atoms with Gasteiger partial charge in [-0.25, -0.2) is 9.59 Å². The molecule has 2 saturated heterocycles. The van der Waals surface area contributed by atoms with Crippen molar-refractivity contribution in [1.82, 2.24) is 15.5 Å². The number of aliphatic hydroxyl groups is 1. The number of esters is 1. The van der Waals surface area contributed by atoms with Gasteiger partial charge in [0.2, 0.25) is 17.7 Å². The highest BCUT2D eigenvalue weighted by molar-refractivity contribution is 8.76. The van der Waals surface area contributed by atoms with E-state index in [0.29, 0.717) is 36.1 Å². The van der Waals surface area contributed by atoms with Crippen molar-refractivity contribution in [3.05, 3.63) is 46.5 Å². The number of ether oxygens (including phenoxy) is 5. The van der Waals surface area contributed by atoms with Crippen molar-refractivity contribution in [1.29, 1.82) is 0 Å². The van der Waals surface area contributed by atoms with Gasteiger partial charge in [0.25, 0.3) is 0 Å². The number of epoxide rings is 1. The molecule has 3 aliphatic heterocycles. The molecule has 2 saturated carbocycles. The van der Waals surface area contributed by atoms with Gasteiger partial charge in [-0.15, -0.1) is 0 Å². The zero-order chi connectivity index (χ0) is 47.8. The highest BCUT2D eigenvalue weighted by Gasteiger charge is 2.61. The van der Waals surface area contributed by atoms with E-state index in [1.807, 2.05) is 13.0 Å². The molecule has 0 aromatic heterocycles. The molecular formula is C48H69ClN4O11S2. The van der Waals surface area contributed by atoms with Gasteiger partial charge in [-0.3, -0.25) is 19.7 Å². The molecule has 1 aromatic rings. The Labute approximate surface area is 402 Å². The predicted octanol–water partition coefficient (Wildman–Crippen LogP) is 7.30. The minimum atomic E-state index is -1.82. The number of alkyl carbamates (subject to hydrolysis) is 1. The number of allylic oxidation sites excluding steroid dienone is 3. The molecule has 0 spiro atoms. The van der Waals surface area contributed by atoms with Crippen LogP contribution in [-0.4, -0.2) is 127 Å². The Morgan fingerprint density at radius 1 is 1.08 bits per heavy atom. The number of methoxy groups -OCH3 is 2. The lowest BCUT2D eigenvalue weighted by Crippen LogP contribution is -2.62. The van der Waals surface area contributed by atoms with Crippen LogP contribution in [0.5, 0.6) is 5.75 Å². The van der Waals surface area contributed by atoms with E-state index in [2.05, 4.69) is 10.6 Å². The van der Waals surface area contributed by atoms with E-state index in [1.165, 1.54) is 56.1 Å². The second-order valence-corrected chi connectivity index (χ2v) is 22.0. The van der Waals surface area contributed by atoms with Crippen LogP contribution in [0.1, 0.15) is 110 Å². The molecule has 18 heteroatoms. The first-order valence-corrected chi connectivity index (χ1v) is 26.2. The first-order chi connectivity index (χ1) is 31.4. The molecule has 1 aromatic carbocycles. The third kappa shape index (κ3) is 13.4. The summed E-state index contributed by atoms with van der Waals surface area (Å²) < 4.78 is 29.2. The van der Waals surface area contributed by atoms with Crippen LogP contribution in [0.2, 0.25) is 5.02 Å². The summed E-state index contributed by atoms with van der Waals surface area (Å²) in [5, 5.41) is 17.8. The van der Waals surface area contributed by atoms with Gasteiger partial charge in [0.05, 0.1) is 25.3 Å². The van der Waals surface area contributed by atoms with Crippen LogP contribution in [0, 0.1) is 11.8 Å². The standard InChI is InChI=1S/C48H69ClN4O11S2/c1-29-11-8-14-38(61-7)48(59)28-35(62-46(58)51-48)26-40-47(3,64-40)39(27-43(56)53(5)36-24-33(21-29)25-37(60-6)44(36)49)63-45(57)30(2)52(4)42(55)18-20-66-65-19-10-15-41(54)50-34-22-31-12-9-13-32(23-34)17-16-31/h8,11,14,24-25,30-32,34-35,38-40,59H,9-10,12-13,15-23,26-28H2,1-7H3,(H,50,54)(H,51,58)/b14-8+,29-11+/t30-,31?,32?,34?,35+,38+,39-,40-,47-,48-/m1/s1. The maximum absolute atomic E-state index is 14.2. The Morgan fingerprint density at radius 2 is 1.79 bits per heavy atom. The van der Waals surface area contributed by atoms with Gasteiger partial charge in [-0.05, 0) is 76.0 Å². The summed E-state index contributed by atoms with van der Waals surface area (Å²) in [7, 11) is 9.24. The minimum Gasteiger partial charge on any atom is -0.495 e. The fourth-order valence-electron chi connectivity index (χ4n) is 9.82. The largest absolute Gasteiger partial charge is 0.495 e. The quantitative estimate of drug-likeness (QED) is 0.0731. The second-order valence-electron chi connectivity index (χ2n) is 18.9. The summed E-state index contributed by atoms with van der Waals surface area (Å²) in [6.07, 6.45) is 11.2. The molecule has 9 atom stereocenters. The molecule has 366 valence electrons. The average Bonchev–Trinajstić information content (AvgIpc) is 4.01. The first-order valence-electron chi connectivity index (χ1n) is 23.3.